The molecule has 5 nitrogen and oxygen atoms in total. The van der Waals surface area contributed by atoms with E-state index in [0.29, 0.717) is 0 Å². The Morgan fingerprint density at radius 3 is 1.24 bits per heavy atom. The molecule has 0 bridgehead atoms. The van der Waals surface area contributed by atoms with Gasteiger partial charge in [0.2, 0.25) is 0 Å². The summed E-state index contributed by atoms with van der Waals surface area (Å²) in [5.74, 6) is -1.16. The number of rotatable bonds is 1. The molecular formula is C12H20O5. The highest BCUT2D eigenvalue weighted by molar-refractivity contribution is 6.04. The molecule has 0 saturated heterocycles. The van der Waals surface area contributed by atoms with Crippen molar-refractivity contribution in [3.8, 4) is 0 Å². The van der Waals surface area contributed by atoms with Crippen LogP contribution in [0.1, 0.15) is 41.5 Å². The summed E-state index contributed by atoms with van der Waals surface area (Å²) in [5, 5.41) is 0. The zero-order valence-electron chi connectivity index (χ0n) is 11.2. The van der Waals surface area contributed by atoms with Gasteiger partial charge in [0.05, 0.1) is 11.2 Å². The fourth-order valence-electron chi connectivity index (χ4n) is 0.553. The summed E-state index contributed by atoms with van der Waals surface area (Å²) in [6, 6.07) is 0. The Bertz CT molecular complexity index is 274. The molecule has 0 aliphatic carbocycles. The highest BCUT2D eigenvalue weighted by Crippen LogP contribution is 2.14. The van der Waals surface area contributed by atoms with Crippen LogP contribution in [0.5, 0.6) is 0 Å². The van der Waals surface area contributed by atoms with Crippen molar-refractivity contribution in [1.82, 2.24) is 0 Å². The van der Waals surface area contributed by atoms with E-state index < -0.39 is 11.9 Å². The Balaban J connectivity index is 0.000000318. The standard InChI is InChI=1S/C8H18O2.C4H2O3/c1-7(2,3)9-10-8(4,5)6;5-3-1-2-4(6)7-3/h1-6H3;1-2H. The fourth-order valence-corrected chi connectivity index (χ4v) is 0.553. The van der Waals surface area contributed by atoms with Gasteiger partial charge in [-0.15, -0.1) is 0 Å². The molecule has 1 rings (SSSR count). The first-order valence-electron chi connectivity index (χ1n) is 5.30. The van der Waals surface area contributed by atoms with Crippen LogP contribution >= 0.6 is 0 Å². The van der Waals surface area contributed by atoms with Crippen LogP contribution in [-0.4, -0.2) is 23.1 Å². The predicted octanol–water partition coefficient (Wildman–Crippen LogP) is 2.16. The molecule has 1 aliphatic heterocycles. The van der Waals surface area contributed by atoms with Crippen LogP contribution in [0, 0.1) is 0 Å². The lowest BCUT2D eigenvalue weighted by atomic mass is 10.2. The third kappa shape index (κ3) is 11.1. The van der Waals surface area contributed by atoms with Crippen LogP contribution in [0.4, 0.5) is 0 Å². The molecule has 5 heteroatoms. The molecule has 0 radical (unpaired) electrons. The maximum absolute atomic E-state index is 9.92. The molecule has 0 spiro atoms. The van der Waals surface area contributed by atoms with E-state index in [9.17, 15) is 9.59 Å². The van der Waals surface area contributed by atoms with E-state index in [0.717, 1.165) is 12.2 Å². The lowest BCUT2D eigenvalue weighted by molar-refractivity contribution is -0.393. The monoisotopic (exact) mass is 244 g/mol. The second-order valence-electron chi connectivity index (χ2n) is 5.46. The van der Waals surface area contributed by atoms with E-state index in [1.165, 1.54) is 0 Å². The van der Waals surface area contributed by atoms with Crippen molar-refractivity contribution >= 4 is 11.9 Å². The summed E-state index contributed by atoms with van der Waals surface area (Å²) >= 11 is 0. The van der Waals surface area contributed by atoms with Gasteiger partial charge in [-0.05, 0) is 41.5 Å². The number of cyclic esters (lactones) is 2. The number of ether oxygens (including phenoxy) is 1. The van der Waals surface area contributed by atoms with Crippen LogP contribution in [-0.2, 0) is 24.1 Å². The van der Waals surface area contributed by atoms with E-state index in [-0.39, 0.29) is 11.2 Å². The predicted molar refractivity (Wildman–Crippen MR) is 61.9 cm³/mol. The van der Waals surface area contributed by atoms with Crippen LogP contribution < -0.4 is 0 Å². The fraction of sp³-hybridized carbons (Fsp3) is 0.667. The van der Waals surface area contributed by atoms with Gasteiger partial charge in [-0.25, -0.2) is 19.4 Å². The second kappa shape index (κ2) is 5.93. The highest BCUT2D eigenvalue weighted by Gasteiger charge is 2.18. The normalized spacial score (nSPS) is 15.4. The number of esters is 2. The first-order valence-corrected chi connectivity index (χ1v) is 5.30. The summed E-state index contributed by atoms with van der Waals surface area (Å²) in [4.78, 5) is 30.0. The van der Waals surface area contributed by atoms with Gasteiger partial charge in [-0.3, -0.25) is 0 Å². The zero-order valence-corrected chi connectivity index (χ0v) is 11.2. The van der Waals surface area contributed by atoms with Gasteiger partial charge in [-0.2, -0.15) is 0 Å². The molecule has 0 aromatic rings. The highest BCUT2D eigenvalue weighted by atomic mass is 17.2. The molecule has 0 atom stereocenters. The van der Waals surface area contributed by atoms with Gasteiger partial charge in [-0.1, -0.05) is 0 Å². The van der Waals surface area contributed by atoms with Crippen molar-refractivity contribution in [1.29, 1.82) is 0 Å². The first kappa shape index (κ1) is 15.8. The van der Waals surface area contributed by atoms with Gasteiger partial charge in [0.15, 0.2) is 0 Å². The summed E-state index contributed by atoms with van der Waals surface area (Å²) < 4.78 is 3.97. The summed E-state index contributed by atoms with van der Waals surface area (Å²) in [6.45, 7) is 11.7. The van der Waals surface area contributed by atoms with Crippen molar-refractivity contribution in [2.75, 3.05) is 0 Å². The van der Waals surface area contributed by atoms with Gasteiger partial charge in [0.1, 0.15) is 0 Å². The van der Waals surface area contributed by atoms with E-state index >= 15 is 0 Å². The van der Waals surface area contributed by atoms with E-state index in [1.807, 2.05) is 41.5 Å². The maximum Gasteiger partial charge on any atom is 0.338 e. The van der Waals surface area contributed by atoms with Crippen molar-refractivity contribution in [2.45, 2.75) is 52.7 Å². The van der Waals surface area contributed by atoms with Crippen molar-refractivity contribution in [3.05, 3.63) is 12.2 Å². The van der Waals surface area contributed by atoms with Gasteiger partial charge < -0.3 is 4.74 Å². The van der Waals surface area contributed by atoms with Crippen LogP contribution in [0.15, 0.2) is 12.2 Å². The number of hydrogen-bond donors (Lipinski definition) is 0. The smallest absolute Gasteiger partial charge is 0.338 e. The van der Waals surface area contributed by atoms with Gasteiger partial charge in [0, 0.05) is 12.2 Å². The SMILES string of the molecule is CC(C)(C)OOC(C)(C)C.O=C1C=CC(=O)O1. The molecule has 17 heavy (non-hydrogen) atoms. The Morgan fingerprint density at radius 2 is 1.12 bits per heavy atom. The molecule has 0 aromatic carbocycles. The van der Waals surface area contributed by atoms with Crippen molar-refractivity contribution < 1.29 is 24.1 Å². The molecule has 0 aromatic heterocycles. The van der Waals surface area contributed by atoms with Gasteiger partial charge >= 0.3 is 11.9 Å². The van der Waals surface area contributed by atoms with Crippen LogP contribution in [0.3, 0.4) is 0 Å². The molecule has 0 unspecified atom stereocenters. The molecular weight excluding hydrogens is 224 g/mol. The van der Waals surface area contributed by atoms with Gasteiger partial charge in [0.25, 0.3) is 0 Å². The number of carbonyl (C=O) groups is 2. The first-order chi connectivity index (χ1) is 7.49. The second-order valence-corrected chi connectivity index (χ2v) is 5.46. The van der Waals surface area contributed by atoms with Crippen molar-refractivity contribution in [2.24, 2.45) is 0 Å². The third-order valence-corrected chi connectivity index (χ3v) is 1.10. The summed E-state index contributed by atoms with van der Waals surface area (Å²) in [6.07, 6.45) is 2.17. The van der Waals surface area contributed by atoms with E-state index in [2.05, 4.69) is 4.74 Å². The van der Waals surface area contributed by atoms with E-state index in [4.69, 9.17) is 9.78 Å². The topological polar surface area (TPSA) is 61.8 Å². The summed E-state index contributed by atoms with van der Waals surface area (Å²) in [7, 11) is 0. The Kier molecular flexibility index (Phi) is 5.51. The minimum absolute atomic E-state index is 0.215. The minimum Gasteiger partial charge on any atom is -0.387 e. The zero-order chi connectivity index (χ0) is 13.7. The third-order valence-electron chi connectivity index (χ3n) is 1.10. The Labute approximate surface area is 102 Å². The lowest BCUT2D eigenvalue weighted by Crippen LogP contribution is -2.27. The molecule has 1 heterocycles. The number of hydrogen-bond acceptors (Lipinski definition) is 5. The average Bonchev–Trinajstić information content (AvgIpc) is 2.45. The lowest BCUT2D eigenvalue weighted by Gasteiger charge is -2.24. The Hall–Kier alpha value is -1.20. The van der Waals surface area contributed by atoms with Crippen molar-refractivity contribution in [3.63, 3.8) is 0 Å². The van der Waals surface area contributed by atoms with E-state index in [1.54, 1.807) is 0 Å². The molecule has 0 fully saturated rings. The quantitative estimate of drug-likeness (QED) is 0.306. The minimum atomic E-state index is -0.579. The van der Waals surface area contributed by atoms with Crippen LogP contribution in [0.25, 0.3) is 0 Å². The molecule has 0 saturated carbocycles. The van der Waals surface area contributed by atoms with Crippen LogP contribution in [0.2, 0.25) is 0 Å². The summed E-state index contributed by atoms with van der Waals surface area (Å²) in [5.41, 5.74) is -0.430. The molecule has 0 N–H and O–H groups in total. The number of carbonyl (C=O) groups excluding carboxylic acids is 2. The molecule has 1 aliphatic rings. The molecule has 0 amide bonds. The average molecular weight is 244 g/mol. The largest absolute Gasteiger partial charge is 0.387 e. The maximum atomic E-state index is 9.92. The molecule has 98 valence electrons. The Morgan fingerprint density at radius 1 is 0.824 bits per heavy atom.